The van der Waals surface area contributed by atoms with Gasteiger partial charge >= 0.3 is 5.97 Å². The smallest absolute Gasteiger partial charge is 0.360 e. The number of rotatable bonds is 5. The van der Waals surface area contributed by atoms with Crippen molar-refractivity contribution in [3.05, 3.63) is 24.1 Å². The molecule has 90 valence electrons. The van der Waals surface area contributed by atoms with Crippen LogP contribution in [-0.2, 0) is 11.3 Å². The van der Waals surface area contributed by atoms with Crippen LogP contribution in [0.25, 0.3) is 0 Å². The summed E-state index contributed by atoms with van der Waals surface area (Å²) in [6.45, 7) is 2.40. The third kappa shape index (κ3) is 2.80. The molecule has 2 N–H and O–H groups in total. The van der Waals surface area contributed by atoms with Gasteiger partial charge in [-0.3, -0.25) is 5.10 Å². The minimum Gasteiger partial charge on any atom is -0.461 e. The second-order valence-corrected chi connectivity index (χ2v) is 3.04. The van der Waals surface area contributed by atoms with E-state index in [1.165, 1.54) is 12.6 Å². The SMILES string of the molecule is CCOC(=O)c1coc(NCc2ncn[nH]2)n1. The minimum atomic E-state index is -0.510. The number of hydrogen-bond acceptors (Lipinski definition) is 7. The molecule has 2 aromatic rings. The van der Waals surface area contributed by atoms with E-state index in [1.807, 2.05) is 0 Å². The van der Waals surface area contributed by atoms with E-state index in [-0.39, 0.29) is 11.7 Å². The average molecular weight is 237 g/mol. The summed E-state index contributed by atoms with van der Waals surface area (Å²) in [5, 5.41) is 9.21. The van der Waals surface area contributed by atoms with Crippen LogP contribution in [0.15, 0.2) is 17.0 Å². The monoisotopic (exact) mass is 237 g/mol. The first-order chi connectivity index (χ1) is 8.29. The number of nitrogens with one attached hydrogen (secondary N) is 2. The summed E-state index contributed by atoms with van der Waals surface area (Å²) in [4.78, 5) is 19.1. The molecule has 8 nitrogen and oxygen atoms in total. The van der Waals surface area contributed by atoms with Crippen LogP contribution in [0, 0.1) is 0 Å². The highest BCUT2D eigenvalue weighted by Gasteiger charge is 2.12. The Kier molecular flexibility index (Phi) is 3.34. The van der Waals surface area contributed by atoms with E-state index in [4.69, 9.17) is 9.15 Å². The molecule has 0 spiro atoms. The number of carbonyl (C=O) groups is 1. The summed E-state index contributed by atoms with van der Waals surface area (Å²) in [6, 6.07) is 0.226. The zero-order chi connectivity index (χ0) is 12.1. The molecule has 0 radical (unpaired) electrons. The fourth-order valence-corrected chi connectivity index (χ4v) is 1.13. The molecule has 2 rings (SSSR count). The first-order valence-electron chi connectivity index (χ1n) is 5.00. The molecule has 0 aliphatic carbocycles. The number of esters is 1. The highest BCUT2D eigenvalue weighted by Crippen LogP contribution is 2.09. The number of nitrogens with zero attached hydrogens (tertiary/aromatic N) is 3. The minimum absolute atomic E-state index is 0.131. The van der Waals surface area contributed by atoms with Crippen molar-refractivity contribution in [1.29, 1.82) is 0 Å². The number of H-pyrrole nitrogens is 1. The van der Waals surface area contributed by atoms with Crippen LogP contribution in [0.4, 0.5) is 6.01 Å². The van der Waals surface area contributed by atoms with Gasteiger partial charge in [0.25, 0.3) is 6.01 Å². The summed E-state index contributed by atoms with van der Waals surface area (Å²) < 4.78 is 9.82. The average Bonchev–Trinajstić information content (AvgIpc) is 2.98. The Labute approximate surface area is 96.4 Å². The molecule has 0 aliphatic heterocycles. The van der Waals surface area contributed by atoms with Gasteiger partial charge in [-0.1, -0.05) is 0 Å². The molecule has 0 unspecified atom stereocenters. The van der Waals surface area contributed by atoms with Crippen molar-refractivity contribution in [1.82, 2.24) is 20.2 Å². The van der Waals surface area contributed by atoms with E-state index in [0.29, 0.717) is 19.0 Å². The van der Waals surface area contributed by atoms with Gasteiger partial charge in [0.15, 0.2) is 5.69 Å². The number of oxazole rings is 1. The maximum absolute atomic E-state index is 11.3. The molecule has 17 heavy (non-hydrogen) atoms. The van der Waals surface area contributed by atoms with Crippen LogP contribution in [0.3, 0.4) is 0 Å². The van der Waals surface area contributed by atoms with E-state index in [0.717, 1.165) is 0 Å². The number of aromatic amines is 1. The molecule has 0 fully saturated rings. The Morgan fingerprint density at radius 3 is 3.24 bits per heavy atom. The standard InChI is InChI=1S/C9H11N5O3/c1-2-16-8(15)6-4-17-9(13-6)10-3-7-11-5-12-14-7/h4-5H,2-3H2,1H3,(H,10,13)(H,11,12,14). The van der Waals surface area contributed by atoms with Gasteiger partial charge in [0.1, 0.15) is 18.4 Å². The Morgan fingerprint density at radius 1 is 1.65 bits per heavy atom. The van der Waals surface area contributed by atoms with Crippen LogP contribution >= 0.6 is 0 Å². The van der Waals surface area contributed by atoms with E-state index >= 15 is 0 Å². The van der Waals surface area contributed by atoms with Gasteiger partial charge in [-0.15, -0.1) is 0 Å². The molecule has 0 saturated carbocycles. The van der Waals surface area contributed by atoms with Crippen molar-refractivity contribution >= 4 is 12.0 Å². The summed E-state index contributed by atoms with van der Waals surface area (Å²) in [6.07, 6.45) is 2.64. The van der Waals surface area contributed by atoms with Crippen molar-refractivity contribution in [2.75, 3.05) is 11.9 Å². The van der Waals surface area contributed by atoms with Crippen molar-refractivity contribution in [2.24, 2.45) is 0 Å². The number of ether oxygens (including phenoxy) is 1. The second-order valence-electron chi connectivity index (χ2n) is 3.04. The molecular weight excluding hydrogens is 226 g/mol. The molecule has 0 aliphatic rings. The fourth-order valence-electron chi connectivity index (χ4n) is 1.13. The normalized spacial score (nSPS) is 10.2. The molecule has 0 aromatic carbocycles. The third-order valence-electron chi connectivity index (χ3n) is 1.86. The van der Waals surface area contributed by atoms with Crippen molar-refractivity contribution in [3.8, 4) is 0 Å². The van der Waals surface area contributed by atoms with Crippen LogP contribution < -0.4 is 5.32 Å². The zero-order valence-electron chi connectivity index (χ0n) is 9.14. The van der Waals surface area contributed by atoms with Crippen molar-refractivity contribution < 1.29 is 13.9 Å². The Bertz CT molecular complexity index is 479. The van der Waals surface area contributed by atoms with Gasteiger partial charge in [-0.05, 0) is 6.92 Å². The fraction of sp³-hybridized carbons (Fsp3) is 0.333. The summed E-state index contributed by atoms with van der Waals surface area (Å²) in [5.41, 5.74) is 0.131. The van der Waals surface area contributed by atoms with Crippen LogP contribution in [-0.4, -0.2) is 32.7 Å². The Hall–Kier alpha value is -2.38. The summed E-state index contributed by atoms with van der Waals surface area (Å²) in [5.74, 6) is 0.129. The van der Waals surface area contributed by atoms with Gasteiger partial charge < -0.3 is 14.5 Å². The summed E-state index contributed by atoms with van der Waals surface area (Å²) >= 11 is 0. The van der Waals surface area contributed by atoms with Crippen molar-refractivity contribution in [2.45, 2.75) is 13.5 Å². The molecule has 2 heterocycles. The molecule has 0 amide bonds. The lowest BCUT2D eigenvalue weighted by Crippen LogP contribution is -2.06. The lowest BCUT2D eigenvalue weighted by molar-refractivity contribution is 0.0519. The molecule has 8 heteroatoms. The van der Waals surface area contributed by atoms with E-state index in [2.05, 4.69) is 25.5 Å². The van der Waals surface area contributed by atoms with Gasteiger partial charge in [-0.25, -0.2) is 9.78 Å². The van der Waals surface area contributed by atoms with Crippen molar-refractivity contribution in [3.63, 3.8) is 0 Å². The van der Waals surface area contributed by atoms with Gasteiger partial charge in [-0.2, -0.15) is 10.1 Å². The number of aromatic nitrogens is 4. The molecule has 0 atom stereocenters. The van der Waals surface area contributed by atoms with Gasteiger partial charge in [0.05, 0.1) is 13.2 Å². The molecule has 2 aromatic heterocycles. The molecule has 0 bridgehead atoms. The zero-order valence-corrected chi connectivity index (χ0v) is 9.14. The van der Waals surface area contributed by atoms with Crippen LogP contribution in [0.2, 0.25) is 0 Å². The number of carbonyl (C=O) groups excluding carboxylic acids is 1. The first kappa shape index (κ1) is 11.1. The predicted octanol–water partition coefficient (Wildman–Crippen LogP) is 0.581. The second kappa shape index (κ2) is 5.10. The van der Waals surface area contributed by atoms with E-state index < -0.39 is 5.97 Å². The van der Waals surface area contributed by atoms with Crippen LogP contribution in [0.1, 0.15) is 23.2 Å². The lowest BCUT2D eigenvalue weighted by atomic mass is 10.5. The van der Waals surface area contributed by atoms with Crippen LogP contribution in [0.5, 0.6) is 0 Å². The maximum atomic E-state index is 11.3. The highest BCUT2D eigenvalue weighted by molar-refractivity contribution is 5.87. The van der Waals surface area contributed by atoms with Gasteiger partial charge in [0.2, 0.25) is 0 Å². The first-order valence-corrected chi connectivity index (χ1v) is 5.00. The Morgan fingerprint density at radius 2 is 2.53 bits per heavy atom. The predicted molar refractivity (Wildman–Crippen MR) is 56.2 cm³/mol. The molecular formula is C9H11N5O3. The topological polar surface area (TPSA) is 106 Å². The Balaban J connectivity index is 1.92. The largest absolute Gasteiger partial charge is 0.461 e. The van der Waals surface area contributed by atoms with E-state index in [9.17, 15) is 4.79 Å². The quantitative estimate of drug-likeness (QED) is 0.732. The third-order valence-corrected chi connectivity index (χ3v) is 1.86. The highest BCUT2D eigenvalue weighted by atomic mass is 16.5. The number of anilines is 1. The lowest BCUT2D eigenvalue weighted by Gasteiger charge is -1.97. The van der Waals surface area contributed by atoms with E-state index in [1.54, 1.807) is 6.92 Å². The molecule has 0 saturated heterocycles. The number of hydrogen-bond donors (Lipinski definition) is 2. The van der Waals surface area contributed by atoms with Gasteiger partial charge in [0, 0.05) is 0 Å². The summed E-state index contributed by atoms with van der Waals surface area (Å²) in [7, 11) is 0. The maximum Gasteiger partial charge on any atom is 0.360 e.